The van der Waals surface area contributed by atoms with E-state index in [1.165, 1.54) is 25.3 Å². The molecule has 0 aliphatic heterocycles. The first kappa shape index (κ1) is 19.7. The average Bonchev–Trinajstić information content (AvgIpc) is 2.51. The van der Waals surface area contributed by atoms with Gasteiger partial charge in [0.2, 0.25) is 16.0 Å². The van der Waals surface area contributed by atoms with E-state index in [1.807, 2.05) is 4.72 Å². The highest BCUT2D eigenvalue weighted by Crippen LogP contribution is 2.16. The number of thiocarbonyl (C=S) groups is 1. The Labute approximate surface area is 155 Å². The van der Waals surface area contributed by atoms with Crippen molar-refractivity contribution < 1.29 is 22.7 Å². The first-order chi connectivity index (χ1) is 12.1. The molecule has 1 aromatic rings. The molecule has 9 nitrogen and oxygen atoms in total. The van der Waals surface area contributed by atoms with Gasteiger partial charge in [0.1, 0.15) is 5.25 Å². The molecule has 2 rings (SSSR count). The number of anilines is 1. The van der Waals surface area contributed by atoms with Crippen LogP contribution in [-0.4, -0.2) is 47.6 Å². The third kappa shape index (κ3) is 4.70. The maximum absolute atomic E-state index is 12.4. The van der Waals surface area contributed by atoms with E-state index in [4.69, 9.17) is 12.2 Å². The number of amides is 2. The van der Waals surface area contributed by atoms with Crippen molar-refractivity contribution in [3.05, 3.63) is 41.3 Å². The molecule has 0 aromatic carbocycles. The van der Waals surface area contributed by atoms with Crippen LogP contribution in [0.15, 0.2) is 29.9 Å². The number of nitrogens with one attached hydrogen (secondary N) is 2. The molecule has 1 aliphatic carbocycles. The minimum absolute atomic E-state index is 0.0233. The number of aromatic nitrogens is 2. The third-order valence-electron chi connectivity index (χ3n) is 3.23. The van der Waals surface area contributed by atoms with Gasteiger partial charge in [0.25, 0.3) is 0 Å². The van der Waals surface area contributed by atoms with Crippen molar-refractivity contribution in [2.75, 3.05) is 12.4 Å². The molecule has 0 radical (unpaired) electrons. The fraction of sp³-hybridized carbons (Fsp3) is 0.267. The second-order valence-corrected chi connectivity index (χ2v) is 7.62. The molecule has 0 fully saturated rings. The van der Waals surface area contributed by atoms with E-state index in [2.05, 4.69) is 20.0 Å². The fourth-order valence-electron chi connectivity index (χ4n) is 2.17. The van der Waals surface area contributed by atoms with Crippen molar-refractivity contribution in [2.24, 2.45) is 0 Å². The Morgan fingerprint density at radius 2 is 1.85 bits per heavy atom. The molecule has 0 bridgehead atoms. The van der Waals surface area contributed by atoms with Gasteiger partial charge in [-0.2, -0.15) is 0 Å². The number of hydrogen-bond donors (Lipinski definition) is 2. The maximum atomic E-state index is 12.4. The molecule has 2 N–H and O–H groups in total. The summed E-state index contributed by atoms with van der Waals surface area (Å²) in [6, 6.07) is 0.685. The lowest BCUT2D eigenvalue weighted by atomic mass is 10.1. The standard InChI is InChI=1S/C15H16N4O5S2/c1-8-6-9(2)17-14(16-8)18-15(21)19-26(22,23)12-5-4-10(7-11(12)25)13(20)24-3/h4-7,12H,1-3H3,(H2,16,17,18,19,21). The smallest absolute Gasteiger partial charge is 0.337 e. The van der Waals surface area contributed by atoms with E-state index in [0.717, 1.165) is 0 Å². The Morgan fingerprint density at radius 1 is 1.23 bits per heavy atom. The highest BCUT2D eigenvalue weighted by Gasteiger charge is 2.31. The largest absolute Gasteiger partial charge is 0.465 e. The molecule has 0 spiro atoms. The molecular weight excluding hydrogens is 380 g/mol. The van der Waals surface area contributed by atoms with Gasteiger partial charge in [0.05, 0.1) is 12.7 Å². The SMILES string of the molecule is COC(=O)C1=CC(=S)C(S(=O)(=O)NC(=O)Nc2nc(C)cc(C)n2)C=C1. The molecule has 1 aromatic heterocycles. The zero-order valence-corrected chi connectivity index (χ0v) is 15.8. The molecule has 1 aliphatic rings. The second kappa shape index (κ2) is 7.70. The highest BCUT2D eigenvalue weighted by molar-refractivity contribution is 7.93. The number of aryl methyl sites for hydroxylation is 2. The summed E-state index contributed by atoms with van der Waals surface area (Å²) in [5, 5.41) is 0.981. The predicted molar refractivity (Wildman–Crippen MR) is 98.2 cm³/mol. The Morgan fingerprint density at radius 3 is 2.38 bits per heavy atom. The normalized spacial score (nSPS) is 16.7. The van der Waals surface area contributed by atoms with Gasteiger partial charge in [0, 0.05) is 16.3 Å². The number of ether oxygens (including phenoxy) is 1. The lowest BCUT2D eigenvalue weighted by Gasteiger charge is -2.17. The first-order valence-electron chi connectivity index (χ1n) is 7.29. The van der Waals surface area contributed by atoms with Crippen molar-refractivity contribution in [1.29, 1.82) is 0 Å². The van der Waals surface area contributed by atoms with Crippen LogP contribution in [0, 0.1) is 13.8 Å². The van der Waals surface area contributed by atoms with Crippen LogP contribution in [0.3, 0.4) is 0 Å². The van der Waals surface area contributed by atoms with Gasteiger partial charge in [-0.1, -0.05) is 18.3 Å². The van der Waals surface area contributed by atoms with E-state index >= 15 is 0 Å². The van der Waals surface area contributed by atoms with Crippen LogP contribution >= 0.6 is 12.2 Å². The Kier molecular flexibility index (Phi) is 5.83. The van der Waals surface area contributed by atoms with Crippen LogP contribution < -0.4 is 10.0 Å². The van der Waals surface area contributed by atoms with Crippen molar-refractivity contribution in [1.82, 2.24) is 14.7 Å². The monoisotopic (exact) mass is 396 g/mol. The summed E-state index contributed by atoms with van der Waals surface area (Å²) in [5.74, 6) is -0.665. The summed E-state index contributed by atoms with van der Waals surface area (Å²) in [6.07, 6.45) is 3.70. The van der Waals surface area contributed by atoms with Gasteiger partial charge in [-0.15, -0.1) is 0 Å². The van der Waals surface area contributed by atoms with Crippen LogP contribution in [0.1, 0.15) is 11.4 Å². The van der Waals surface area contributed by atoms with E-state index in [-0.39, 0.29) is 16.4 Å². The van der Waals surface area contributed by atoms with Crippen LogP contribution in [0.25, 0.3) is 0 Å². The summed E-state index contributed by atoms with van der Waals surface area (Å²) in [5.41, 5.74) is 1.36. The lowest BCUT2D eigenvalue weighted by Crippen LogP contribution is -2.43. The summed E-state index contributed by atoms with van der Waals surface area (Å²) < 4.78 is 31.2. The summed E-state index contributed by atoms with van der Waals surface area (Å²) >= 11 is 5.03. The third-order valence-corrected chi connectivity index (χ3v) is 5.30. The molecule has 0 saturated heterocycles. The molecule has 138 valence electrons. The van der Waals surface area contributed by atoms with Crippen LogP contribution in [0.4, 0.5) is 10.7 Å². The number of allylic oxidation sites excluding steroid dienone is 1. The number of urea groups is 1. The summed E-state index contributed by atoms with van der Waals surface area (Å²) in [6.45, 7) is 3.43. The van der Waals surface area contributed by atoms with Gasteiger partial charge in [0.15, 0.2) is 0 Å². The molecule has 1 atom stereocenters. The minimum Gasteiger partial charge on any atom is -0.465 e. The number of esters is 1. The Balaban J connectivity index is 2.10. The van der Waals surface area contributed by atoms with Crippen molar-refractivity contribution in [3.8, 4) is 0 Å². The number of nitrogens with zero attached hydrogens (tertiary/aromatic N) is 2. The van der Waals surface area contributed by atoms with Gasteiger partial charge >= 0.3 is 12.0 Å². The molecule has 11 heteroatoms. The Hall–Kier alpha value is -2.66. The number of carbonyl (C=O) groups is 2. The Bertz CT molecular complexity index is 917. The van der Waals surface area contributed by atoms with E-state index in [0.29, 0.717) is 11.4 Å². The highest BCUT2D eigenvalue weighted by atomic mass is 32.2. The first-order valence-corrected chi connectivity index (χ1v) is 9.25. The number of sulfonamides is 1. The minimum atomic E-state index is -4.17. The van der Waals surface area contributed by atoms with Crippen LogP contribution in [-0.2, 0) is 19.6 Å². The zero-order valence-electron chi connectivity index (χ0n) is 14.1. The van der Waals surface area contributed by atoms with Crippen molar-refractivity contribution in [2.45, 2.75) is 19.1 Å². The van der Waals surface area contributed by atoms with Gasteiger partial charge in [-0.3, -0.25) is 5.32 Å². The molecule has 26 heavy (non-hydrogen) atoms. The number of methoxy groups -OCH3 is 1. The van der Waals surface area contributed by atoms with Crippen LogP contribution in [0.2, 0.25) is 0 Å². The molecule has 2 amide bonds. The lowest BCUT2D eigenvalue weighted by molar-refractivity contribution is -0.135. The van der Waals surface area contributed by atoms with Crippen LogP contribution in [0.5, 0.6) is 0 Å². The second-order valence-electron chi connectivity index (χ2n) is 5.35. The quantitative estimate of drug-likeness (QED) is 0.569. The molecular formula is C15H16N4O5S2. The molecule has 1 unspecified atom stereocenters. The fourth-order valence-corrected chi connectivity index (χ4v) is 3.85. The summed E-state index contributed by atoms with van der Waals surface area (Å²) in [4.78, 5) is 31.4. The van der Waals surface area contributed by atoms with E-state index < -0.39 is 27.3 Å². The van der Waals surface area contributed by atoms with Crippen molar-refractivity contribution >= 4 is 45.1 Å². The average molecular weight is 396 g/mol. The number of carbonyl (C=O) groups excluding carboxylic acids is 2. The van der Waals surface area contributed by atoms with Gasteiger partial charge in [-0.25, -0.2) is 32.7 Å². The number of rotatable bonds is 4. The molecule has 0 saturated carbocycles. The van der Waals surface area contributed by atoms with Gasteiger partial charge in [-0.05, 0) is 32.1 Å². The molecule has 1 heterocycles. The van der Waals surface area contributed by atoms with Crippen molar-refractivity contribution in [3.63, 3.8) is 0 Å². The van der Waals surface area contributed by atoms with E-state index in [9.17, 15) is 18.0 Å². The van der Waals surface area contributed by atoms with E-state index in [1.54, 1.807) is 19.9 Å². The number of hydrogen-bond acceptors (Lipinski definition) is 8. The predicted octanol–water partition coefficient (Wildman–Crippen LogP) is 0.952. The maximum Gasteiger partial charge on any atom is 0.337 e. The van der Waals surface area contributed by atoms with Gasteiger partial charge < -0.3 is 4.74 Å². The topological polar surface area (TPSA) is 127 Å². The summed E-state index contributed by atoms with van der Waals surface area (Å²) in [7, 11) is -2.97. The zero-order chi connectivity index (χ0) is 19.5.